The molecule has 0 saturated heterocycles. The van der Waals surface area contributed by atoms with Crippen LogP contribution in [-0.2, 0) is 32.6 Å². The number of rotatable bonds is 5. The van der Waals surface area contributed by atoms with Crippen LogP contribution >= 0.6 is 0 Å². The smallest absolute Gasteiger partial charge is 0.475 e. The number of aryl methyl sites for hydroxylation is 1. The summed E-state index contributed by atoms with van der Waals surface area (Å²) in [5.41, 5.74) is 6.48. The summed E-state index contributed by atoms with van der Waals surface area (Å²) in [6, 6.07) is 3.58. The Labute approximate surface area is 188 Å². The SMILES string of the molecule is CCOC(=O)C(Cc1ccc(N)nc1)c1nccn1C.O=C(O)C(F)(F)F.O=C(O)C(F)(F)F. The number of anilines is 1. The van der Waals surface area contributed by atoms with Crippen molar-refractivity contribution >= 4 is 23.7 Å². The zero-order valence-corrected chi connectivity index (χ0v) is 17.6. The summed E-state index contributed by atoms with van der Waals surface area (Å²) >= 11 is 0. The highest BCUT2D eigenvalue weighted by Crippen LogP contribution is 2.21. The predicted octanol–water partition coefficient (Wildman–Crippen LogP) is 2.55. The Kier molecular flexibility index (Phi) is 11.5. The molecule has 0 fully saturated rings. The van der Waals surface area contributed by atoms with Crippen molar-refractivity contribution in [2.75, 3.05) is 12.3 Å². The highest BCUT2D eigenvalue weighted by atomic mass is 19.4. The van der Waals surface area contributed by atoms with E-state index in [0.717, 1.165) is 5.56 Å². The van der Waals surface area contributed by atoms with Crippen LogP contribution in [0, 0.1) is 0 Å². The molecule has 2 aromatic rings. The van der Waals surface area contributed by atoms with Crippen molar-refractivity contribution in [3.63, 3.8) is 0 Å². The highest BCUT2D eigenvalue weighted by molar-refractivity contribution is 5.77. The monoisotopic (exact) mass is 502 g/mol. The molecule has 0 amide bonds. The fourth-order valence-corrected chi connectivity index (χ4v) is 2.03. The molecule has 2 rings (SSSR count). The molecule has 1 atom stereocenters. The van der Waals surface area contributed by atoms with Crippen LogP contribution in [-0.4, -0.2) is 61.6 Å². The van der Waals surface area contributed by atoms with Crippen molar-refractivity contribution in [1.29, 1.82) is 0 Å². The number of ether oxygens (including phenoxy) is 1. The summed E-state index contributed by atoms with van der Waals surface area (Å²) in [5, 5.41) is 14.2. The number of hydrogen-bond donors (Lipinski definition) is 3. The number of aromatic nitrogens is 3. The van der Waals surface area contributed by atoms with E-state index >= 15 is 0 Å². The Morgan fingerprint density at radius 3 is 1.88 bits per heavy atom. The molecule has 0 aromatic carbocycles. The third kappa shape index (κ3) is 11.1. The Balaban J connectivity index is 0.000000642. The number of hydrogen-bond acceptors (Lipinski definition) is 7. The quantitative estimate of drug-likeness (QED) is 0.413. The lowest BCUT2D eigenvalue weighted by atomic mass is 9.99. The standard InChI is InChI=1S/C14H18N4O2.2C2HF3O2/c1-3-20-14(19)11(13-16-6-7-18(13)2)8-10-4-5-12(15)17-9-10;2*3-2(4,5)1(6)7/h4-7,9,11H,3,8H2,1-2H3,(H2,15,17);2*(H,6,7). The number of nitrogens with two attached hydrogens (primary N) is 1. The zero-order chi connectivity index (χ0) is 26.7. The van der Waals surface area contributed by atoms with Crippen LogP contribution in [0.5, 0.6) is 0 Å². The minimum absolute atomic E-state index is 0.279. The summed E-state index contributed by atoms with van der Waals surface area (Å²) < 4.78 is 70.4. The van der Waals surface area contributed by atoms with Crippen LogP contribution in [0.25, 0.3) is 0 Å². The van der Waals surface area contributed by atoms with Crippen LogP contribution < -0.4 is 5.73 Å². The molecule has 16 heteroatoms. The maximum Gasteiger partial charge on any atom is 0.490 e. The first-order chi connectivity index (χ1) is 15.5. The number of carbonyl (C=O) groups excluding carboxylic acids is 1. The van der Waals surface area contributed by atoms with Crippen LogP contribution in [0.1, 0.15) is 24.2 Å². The predicted molar refractivity (Wildman–Crippen MR) is 102 cm³/mol. The zero-order valence-electron chi connectivity index (χ0n) is 17.6. The van der Waals surface area contributed by atoms with E-state index in [1.165, 1.54) is 0 Å². The summed E-state index contributed by atoms with van der Waals surface area (Å²) in [7, 11) is 1.86. The second-order valence-electron chi connectivity index (χ2n) is 6.10. The number of pyridine rings is 1. The maximum atomic E-state index is 12.1. The van der Waals surface area contributed by atoms with E-state index < -0.39 is 30.2 Å². The van der Waals surface area contributed by atoms with Gasteiger partial charge in [-0.3, -0.25) is 4.79 Å². The second kappa shape index (κ2) is 13.0. The van der Waals surface area contributed by atoms with E-state index in [2.05, 4.69) is 9.97 Å². The molecule has 0 aliphatic rings. The second-order valence-corrected chi connectivity index (χ2v) is 6.10. The van der Waals surface area contributed by atoms with Gasteiger partial charge in [-0.1, -0.05) is 6.07 Å². The average Bonchev–Trinajstić information content (AvgIpc) is 3.12. The van der Waals surface area contributed by atoms with Gasteiger partial charge in [0, 0.05) is 25.6 Å². The van der Waals surface area contributed by atoms with Crippen molar-refractivity contribution in [1.82, 2.24) is 14.5 Å². The van der Waals surface area contributed by atoms with E-state index in [1.807, 2.05) is 23.9 Å². The number of aliphatic carboxylic acids is 2. The van der Waals surface area contributed by atoms with Crippen molar-refractivity contribution < 1.29 is 55.7 Å². The van der Waals surface area contributed by atoms with Gasteiger partial charge >= 0.3 is 30.3 Å². The fraction of sp³-hybridized carbons (Fsp3) is 0.389. The van der Waals surface area contributed by atoms with Gasteiger partial charge in [0.2, 0.25) is 0 Å². The summed E-state index contributed by atoms with van der Waals surface area (Å²) in [6.07, 6.45) is -4.53. The first-order valence-electron chi connectivity index (χ1n) is 8.95. The van der Waals surface area contributed by atoms with Crippen molar-refractivity contribution in [2.24, 2.45) is 7.05 Å². The summed E-state index contributed by atoms with van der Waals surface area (Å²) in [6.45, 7) is 2.14. The Morgan fingerprint density at radius 1 is 1.06 bits per heavy atom. The molecule has 0 spiro atoms. The number of alkyl halides is 6. The molecule has 1 unspecified atom stereocenters. The molecule has 10 nitrogen and oxygen atoms in total. The first kappa shape index (κ1) is 30.1. The van der Waals surface area contributed by atoms with Gasteiger partial charge in [0.1, 0.15) is 17.6 Å². The van der Waals surface area contributed by atoms with Gasteiger partial charge in [0.05, 0.1) is 6.61 Å². The minimum atomic E-state index is -5.08. The Hall–Kier alpha value is -3.85. The summed E-state index contributed by atoms with van der Waals surface area (Å²) in [4.78, 5) is 38.2. The molecule has 0 aliphatic carbocycles. The van der Waals surface area contributed by atoms with Crippen LogP contribution in [0.15, 0.2) is 30.7 Å². The van der Waals surface area contributed by atoms with E-state index in [9.17, 15) is 31.1 Å². The van der Waals surface area contributed by atoms with Gasteiger partial charge in [-0.25, -0.2) is 19.6 Å². The fourth-order valence-electron chi connectivity index (χ4n) is 2.03. The van der Waals surface area contributed by atoms with Gasteiger partial charge in [-0.2, -0.15) is 26.3 Å². The molecule has 0 saturated carbocycles. The largest absolute Gasteiger partial charge is 0.490 e. The number of imidazole rings is 1. The van der Waals surface area contributed by atoms with Crippen LogP contribution in [0.3, 0.4) is 0 Å². The average molecular weight is 502 g/mol. The van der Waals surface area contributed by atoms with E-state index in [-0.39, 0.29) is 5.97 Å². The normalized spacial score (nSPS) is 11.8. The molecular weight excluding hydrogens is 482 g/mol. The topological polar surface area (TPSA) is 158 Å². The number of carboxylic acids is 2. The molecule has 0 aliphatic heterocycles. The molecule has 4 N–H and O–H groups in total. The molecule has 0 radical (unpaired) electrons. The summed E-state index contributed by atoms with van der Waals surface area (Å²) in [5.74, 6) is -5.10. The van der Waals surface area contributed by atoms with Gasteiger partial charge in [0.25, 0.3) is 0 Å². The Morgan fingerprint density at radius 2 is 1.56 bits per heavy atom. The van der Waals surface area contributed by atoms with Gasteiger partial charge in [-0.05, 0) is 25.0 Å². The van der Waals surface area contributed by atoms with Crippen LogP contribution in [0.4, 0.5) is 32.2 Å². The Bertz CT molecular complexity index is 920. The molecule has 190 valence electrons. The molecular formula is C18H20F6N4O6. The van der Waals surface area contributed by atoms with Gasteiger partial charge < -0.3 is 25.3 Å². The van der Waals surface area contributed by atoms with Crippen molar-refractivity contribution in [3.8, 4) is 0 Å². The molecule has 2 aromatic heterocycles. The highest BCUT2D eigenvalue weighted by Gasteiger charge is 2.38. The maximum absolute atomic E-state index is 12.1. The third-order valence-corrected chi connectivity index (χ3v) is 3.51. The van der Waals surface area contributed by atoms with E-state index in [4.69, 9.17) is 30.3 Å². The lowest BCUT2D eigenvalue weighted by Gasteiger charge is -2.15. The first-order valence-corrected chi connectivity index (χ1v) is 8.95. The lowest BCUT2D eigenvalue weighted by molar-refractivity contribution is -0.193. The number of carboxylic acid groups (broad SMARTS) is 2. The number of esters is 1. The van der Waals surface area contributed by atoms with E-state index in [1.54, 1.807) is 25.4 Å². The van der Waals surface area contributed by atoms with Crippen LogP contribution in [0.2, 0.25) is 0 Å². The van der Waals surface area contributed by atoms with Gasteiger partial charge in [0.15, 0.2) is 0 Å². The third-order valence-electron chi connectivity index (χ3n) is 3.51. The number of carbonyl (C=O) groups is 3. The minimum Gasteiger partial charge on any atom is -0.475 e. The van der Waals surface area contributed by atoms with Crippen molar-refractivity contribution in [3.05, 3.63) is 42.1 Å². The molecule has 2 heterocycles. The molecule has 34 heavy (non-hydrogen) atoms. The molecule has 0 bridgehead atoms. The number of nitrogen functional groups attached to an aromatic ring is 1. The lowest BCUT2D eigenvalue weighted by Crippen LogP contribution is -2.21. The van der Waals surface area contributed by atoms with Crippen molar-refractivity contribution in [2.45, 2.75) is 31.6 Å². The number of nitrogens with zero attached hydrogens (tertiary/aromatic N) is 3. The number of halogens is 6. The van der Waals surface area contributed by atoms with E-state index in [0.29, 0.717) is 24.7 Å². The van der Waals surface area contributed by atoms with Gasteiger partial charge in [-0.15, -0.1) is 0 Å².